The number of aromatic nitrogens is 1. The zero-order chi connectivity index (χ0) is 19.7. The number of aliphatic hydroxyl groups is 1. The van der Waals surface area contributed by atoms with Crippen LogP contribution in [0.3, 0.4) is 0 Å². The van der Waals surface area contributed by atoms with Crippen LogP contribution in [0.1, 0.15) is 17.5 Å². The van der Waals surface area contributed by atoms with Crippen LogP contribution in [0.4, 0.5) is 5.69 Å². The zero-order valence-corrected chi connectivity index (χ0v) is 16.2. The van der Waals surface area contributed by atoms with Gasteiger partial charge in [0.15, 0.2) is 9.84 Å². The molecule has 0 saturated carbocycles. The van der Waals surface area contributed by atoms with E-state index < -0.39 is 15.8 Å². The van der Waals surface area contributed by atoms with E-state index in [1.165, 1.54) is 0 Å². The number of nitrogens with one attached hydrogen (secondary N) is 1. The highest BCUT2D eigenvalue weighted by molar-refractivity contribution is 7.91. The van der Waals surface area contributed by atoms with Crippen LogP contribution in [-0.4, -0.2) is 35.5 Å². The Bertz CT molecular complexity index is 1120. The van der Waals surface area contributed by atoms with Crippen LogP contribution in [-0.2, 0) is 27.8 Å². The van der Waals surface area contributed by atoms with E-state index >= 15 is 0 Å². The first-order chi connectivity index (χ1) is 13.4. The first kappa shape index (κ1) is 18.7. The van der Waals surface area contributed by atoms with Crippen molar-refractivity contribution < 1.29 is 18.3 Å². The van der Waals surface area contributed by atoms with Crippen molar-refractivity contribution in [2.75, 3.05) is 16.8 Å². The lowest BCUT2D eigenvalue weighted by atomic mass is 10.1. The molecule has 0 spiro atoms. The van der Waals surface area contributed by atoms with Crippen molar-refractivity contribution in [2.45, 2.75) is 19.6 Å². The van der Waals surface area contributed by atoms with E-state index in [2.05, 4.69) is 9.88 Å². The number of aliphatic hydroxyl groups excluding tert-OH is 1. The summed E-state index contributed by atoms with van der Waals surface area (Å²) in [6.07, 6.45) is 2.39. The molecule has 0 radical (unpaired) electrons. The number of fused-ring (bicyclic) bond motifs is 1. The van der Waals surface area contributed by atoms with Crippen LogP contribution < -0.4 is 5.32 Å². The average Bonchev–Trinajstić information content (AvgIpc) is 3.25. The van der Waals surface area contributed by atoms with E-state index in [1.54, 1.807) is 0 Å². The summed E-state index contributed by atoms with van der Waals surface area (Å²) in [5, 5.41) is 13.1. The fourth-order valence-electron chi connectivity index (χ4n) is 3.59. The number of carbonyl (C=O) groups excluding carboxylic acids is 1. The maximum Gasteiger partial charge on any atom is 0.228 e. The van der Waals surface area contributed by atoms with Gasteiger partial charge in [-0.2, -0.15) is 0 Å². The molecule has 3 aromatic rings. The van der Waals surface area contributed by atoms with Crippen LogP contribution in [0.25, 0.3) is 10.9 Å². The monoisotopic (exact) mass is 398 g/mol. The molecule has 4 rings (SSSR count). The van der Waals surface area contributed by atoms with Gasteiger partial charge in [-0.25, -0.2) is 8.42 Å². The largest absolute Gasteiger partial charge is 0.392 e. The van der Waals surface area contributed by atoms with E-state index in [4.69, 9.17) is 5.11 Å². The second-order valence-corrected chi connectivity index (χ2v) is 9.51. The molecule has 1 amide bonds. The Balaban J connectivity index is 1.53. The summed E-state index contributed by atoms with van der Waals surface area (Å²) in [4.78, 5) is 12.4. The molecule has 7 heteroatoms. The van der Waals surface area contributed by atoms with Crippen molar-refractivity contribution in [3.63, 3.8) is 0 Å². The van der Waals surface area contributed by atoms with Gasteiger partial charge in [-0.3, -0.25) is 4.79 Å². The lowest BCUT2D eigenvalue weighted by molar-refractivity contribution is -0.119. The minimum Gasteiger partial charge on any atom is -0.392 e. The Morgan fingerprint density at radius 1 is 1.11 bits per heavy atom. The fraction of sp³-hybridized carbons (Fsp3) is 0.286. The van der Waals surface area contributed by atoms with E-state index in [-0.39, 0.29) is 24.0 Å². The third-order valence-electron chi connectivity index (χ3n) is 5.20. The topological polar surface area (TPSA) is 88.4 Å². The van der Waals surface area contributed by atoms with Gasteiger partial charge in [0.05, 0.1) is 29.5 Å². The maximum absolute atomic E-state index is 12.4. The summed E-state index contributed by atoms with van der Waals surface area (Å²) >= 11 is 0. The first-order valence-electron chi connectivity index (χ1n) is 9.22. The Morgan fingerprint density at radius 3 is 2.54 bits per heavy atom. The summed E-state index contributed by atoms with van der Waals surface area (Å²) in [6, 6.07) is 15.5. The Labute approximate surface area is 163 Å². The van der Waals surface area contributed by atoms with Gasteiger partial charge in [0.25, 0.3) is 0 Å². The number of carbonyl (C=O) groups is 1. The molecule has 6 nitrogen and oxygen atoms in total. The number of sulfone groups is 1. The molecule has 1 aliphatic heterocycles. The number of nitrogens with zero attached hydrogens (tertiary/aromatic N) is 1. The van der Waals surface area contributed by atoms with Crippen LogP contribution in [0, 0.1) is 5.92 Å². The molecule has 1 saturated heterocycles. The predicted molar refractivity (Wildman–Crippen MR) is 109 cm³/mol. The van der Waals surface area contributed by atoms with Gasteiger partial charge in [-0.15, -0.1) is 0 Å². The minimum atomic E-state index is -3.09. The molecule has 2 aromatic carbocycles. The summed E-state index contributed by atoms with van der Waals surface area (Å²) in [5.41, 5.74) is 3.64. The molecule has 1 atom stereocenters. The second kappa shape index (κ2) is 7.41. The number of benzene rings is 2. The smallest absolute Gasteiger partial charge is 0.228 e. The number of hydrogen-bond acceptors (Lipinski definition) is 4. The molecule has 2 N–H and O–H groups in total. The van der Waals surface area contributed by atoms with Crippen molar-refractivity contribution in [3.8, 4) is 0 Å². The van der Waals surface area contributed by atoms with E-state index in [0.29, 0.717) is 18.7 Å². The van der Waals surface area contributed by atoms with Crippen molar-refractivity contribution in [3.05, 3.63) is 65.9 Å². The minimum absolute atomic E-state index is 0.0259. The molecule has 146 valence electrons. The number of amides is 1. The van der Waals surface area contributed by atoms with E-state index in [0.717, 1.165) is 22.0 Å². The predicted octanol–water partition coefficient (Wildman–Crippen LogP) is 2.56. The highest BCUT2D eigenvalue weighted by Gasteiger charge is 2.32. The zero-order valence-electron chi connectivity index (χ0n) is 15.3. The fourth-order valence-corrected chi connectivity index (χ4v) is 5.33. The average molecular weight is 398 g/mol. The SMILES string of the molecule is O=C(Nc1ccc2ccn(Cc3ccc(CO)cc3)c2c1)C1CCS(=O)(=O)C1. The third-order valence-corrected chi connectivity index (χ3v) is 6.97. The van der Waals surface area contributed by atoms with Crippen LogP contribution in [0.15, 0.2) is 54.7 Å². The van der Waals surface area contributed by atoms with Gasteiger partial charge in [-0.05, 0) is 41.1 Å². The maximum atomic E-state index is 12.4. The Kier molecular flexibility index (Phi) is 4.95. The number of anilines is 1. The molecular formula is C21H22N2O4S. The van der Waals surface area contributed by atoms with Crippen LogP contribution >= 0.6 is 0 Å². The Hall–Kier alpha value is -2.64. The van der Waals surface area contributed by atoms with Crippen molar-refractivity contribution in [1.82, 2.24) is 4.57 Å². The number of rotatable bonds is 5. The third kappa shape index (κ3) is 3.95. The summed E-state index contributed by atoms with van der Waals surface area (Å²) in [7, 11) is -3.09. The molecular weight excluding hydrogens is 376 g/mol. The molecule has 2 heterocycles. The molecule has 1 unspecified atom stereocenters. The van der Waals surface area contributed by atoms with E-state index in [1.807, 2.05) is 54.7 Å². The highest BCUT2D eigenvalue weighted by Crippen LogP contribution is 2.24. The summed E-state index contributed by atoms with van der Waals surface area (Å²) < 4.78 is 25.3. The summed E-state index contributed by atoms with van der Waals surface area (Å²) in [6.45, 7) is 0.700. The van der Waals surface area contributed by atoms with E-state index in [9.17, 15) is 13.2 Å². The molecule has 28 heavy (non-hydrogen) atoms. The van der Waals surface area contributed by atoms with Crippen LogP contribution in [0.5, 0.6) is 0 Å². The van der Waals surface area contributed by atoms with Gasteiger partial charge in [-0.1, -0.05) is 30.3 Å². The molecule has 1 fully saturated rings. The van der Waals surface area contributed by atoms with Crippen molar-refractivity contribution in [1.29, 1.82) is 0 Å². The van der Waals surface area contributed by atoms with Gasteiger partial charge in [0.1, 0.15) is 0 Å². The lowest BCUT2D eigenvalue weighted by Gasteiger charge is -2.11. The lowest BCUT2D eigenvalue weighted by Crippen LogP contribution is -2.23. The van der Waals surface area contributed by atoms with Gasteiger partial charge < -0.3 is 15.0 Å². The summed E-state index contributed by atoms with van der Waals surface area (Å²) in [5.74, 6) is -0.695. The second-order valence-electron chi connectivity index (χ2n) is 7.28. The quantitative estimate of drug-likeness (QED) is 0.691. The molecule has 1 aliphatic rings. The molecule has 0 aliphatic carbocycles. The first-order valence-corrected chi connectivity index (χ1v) is 11.0. The Morgan fingerprint density at radius 2 is 1.86 bits per heavy atom. The standard InChI is InChI=1S/C21H22N2O4S/c24-13-16-3-1-15(2-4-16)12-23-9-7-17-5-6-19(11-20(17)23)22-21(25)18-8-10-28(26,27)14-18/h1-7,9,11,18,24H,8,10,12-14H2,(H,22,25). The van der Waals surface area contributed by atoms with Crippen LogP contribution in [0.2, 0.25) is 0 Å². The van der Waals surface area contributed by atoms with Crippen molar-refractivity contribution >= 4 is 32.3 Å². The van der Waals surface area contributed by atoms with Crippen molar-refractivity contribution in [2.24, 2.45) is 5.92 Å². The molecule has 1 aromatic heterocycles. The highest BCUT2D eigenvalue weighted by atomic mass is 32.2. The van der Waals surface area contributed by atoms with Gasteiger partial charge in [0, 0.05) is 18.4 Å². The number of hydrogen-bond donors (Lipinski definition) is 2. The molecule has 0 bridgehead atoms. The van der Waals surface area contributed by atoms with Gasteiger partial charge >= 0.3 is 0 Å². The van der Waals surface area contributed by atoms with Gasteiger partial charge in [0.2, 0.25) is 5.91 Å². The normalized spacial score (nSPS) is 18.4.